The molecular weight excluding hydrogens is 340 g/mol. The van der Waals surface area contributed by atoms with Gasteiger partial charge in [-0.15, -0.1) is 0 Å². The third-order valence-electron chi connectivity index (χ3n) is 3.44. The number of nitrogens with one attached hydrogen (secondary N) is 1. The summed E-state index contributed by atoms with van der Waals surface area (Å²) >= 11 is 0. The van der Waals surface area contributed by atoms with Gasteiger partial charge in [0.2, 0.25) is 5.95 Å². The van der Waals surface area contributed by atoms with Gasteiger partial charge in [-0.05, 0) is 31.5 Å². The second kappa shape index (κ2) is 8.81. The summed E-state index contributed by atoms with van der Waals surface area (Å²) in [5.41, 5.74) is 5.60. The van der Waals surface area contributed by atoms with Crippen molar-refractivity contribution in [1.29, 1.82) is 0 Å². The molecule has 1 amide bonds. The van der Waals surface area contributed by atoms with Crippen molar-refractivity contribution in [3.05, 3.63) is 47.2 Å². The summed E-state index contributed by atoms with van der Waals surface area (Å²) in [6, 6.07) is 5.60. The topological polar surface area (TPSA) is 77.2 Å². The van der Waals surface area contributed by atoms with E-state index in [-0.39, 0.29) is 35.0 Å². The molecule has 0 atom stereocenters. The molecule has 136 valence electrons. The number of hydrogen-bond donors (Lipinski definition) is 2. The van der Waals surface area contributed by atoms with Gasteiger partial charge in [-0.3, -0.25) is 4.79 Å². The van der Waals surface area contributed by atoms with Crippen molar-refractivity contribution < 1.29 is 18.3 Å². The second-order valence-corrected chi connectivity index (χ2v) is 5.49. The van der Waals surface area contributed by atoms with E-state index in [9.17, 15) is 13.6 Å². The number of carbonyl (C=O) groups excluding carboxylic acids is 1. The number of benzene rings is 1. The number of amides is 1. The average molecular weight is 359 g/mol. The molecule has 1 aromatic heterocycles. The van der Waals surface area contributed by atoms with Crippen LogP contribution in [0.2, 0.25) is 0 Å². The van der Waals surface area contributed by atoms with Crippen molar-refractivity contribution >= 4 is 17.4 Å². The summed E-state index contributed by atoms with van der Waals surface area (Å²) in [4.78, 5) is 15.8. The van der Waals surface area contributed by atoms with Crippen LogP contribution in [0.25, 0.3) is 0 Å². The Bertz CT molecular complexity index is 873. The SMILES string of the molecule is CCCC#CCOc1cccc(NC(=O)c2cc(C)c(F)nc2N)c1F. The number of unbranched alkanes of at least 4 members (excludes halogenated alkanes) is 1. The lowest BCUT2D eigenvalue weighted by Crippen LogP contribution is -2.17. The molecule has 1 heterocycles. The molecule has 5 nitrogen and oxygen atoms in total. The van der Waals surface area contributed by atoms with Crippen molar-refractivity contribution in [3.63, 3.8) is 0 Å². The number of nitrogen functional groups attached to an aromatic ring is 1. The van der Waals surface area contributed by atoms with E-state index in [2.05, 4.69) is 22.1 Å². The maximum Gasteiger partial charge on any atom is 0.259 e. The summed E-state index contributed by atoms with van der Waals surface area (Å²) in [5.74, 6) is 3.18. The molecule has 7 heteroatoms. The molecule has 2 aromatic rings. The highest BCUT2D eigenvalue weighted by atomic mass is 19.1. The minimum absolute atomic E-state index is 0.0324. The summed E-state index contributed by atoms with van der Waals surface area (Å²) in [7, 11) is 0. The molecule has 0 spiro atoms. The third-order valence-corrected chi connectivity index (χ3v) is 3.44. The van der Waals surface area contributed by atoms with Gasteiger partial charge in [0.05, 0.1) is 11.3 Å². The first kappa shape index (κ1) is 19.2. The maximum absolute atomic E-state index is 14.5. The molecule has 0 saturated carbocycles. The first-order chi connectivity index (χ1) is 12.4. The Morgan fingerprint density at radius 2 is 2.12 bits per heavy atom. The van der Waals surface area contributed by atoms with Gasteiger partial charge in [0.25, 0.3) is 5.91 Å². The van der Waals surface area contributed by atoms with Crippen molar-refractivity contribution in [2.24, 2.45) is 0 Å². The van der Waals surface area contributed by atoms with Crippen LogP contribution in [0, 0.1) is 30.5 Å². The molecule has 0 saturated heterocycles. The van der Waals surface area contributed by atoms with E-state index in [0.717, 1.165) is 12.8 Å². The number of pyridine rings is 1. The lowest BCUT2D eigenvalue weighted by Gasteiger charge is -2.11. The first-order valence-electron chi connectivity index (χ1n) is 8.05. The zero-order valence-corrected chi connectivity index (χ0v) is 14.5. The molecular formula is C19H19F2N3O2. The number of hydrogen-bond acceptors (Lipinski definition) is 4. The number of aromatic nitrogens is 1. The van der Waals surface area contributed by atoms with Crippen LogP contribution in [0.4, 0.5) is 20.3 Å². The highest BCUT2D eigenvalue weighted by Gasteiger charge is 2.17. The van der Waals surface area contributed by atoms with Gasteiger partial charge in [0.15, 0.2) is 11.6 Å². The van der Waals surface area contributed by atoms with Crippen LogP contribution < -0.4 is 15.8 Å². The van der Waals surface area contributed by atoms with Crippen LogP contribution in [0.1, 0.15) is 35.7 Å². The number of rotatable bonds is 5. The van der Waals surface area contributed by atoms with Crippen molar-refractivity contribution in [1.82, 2.24) is 4.98 Å². The van der Waals surface area contributed by atoms with Gasteiger partial charge >= 0.3 is 0 Å². The van der Waals surface area contributed by atoms with E-state index in [1.165, 1.54) is 31.2 Å². The third kappa shape index (κ3) is 4.70. The monoisotopic (exact) mass is 359 g/mol. The number of aryl methyl sites for hydroxylation is 1. The summed E-state index contributed by atoms with van der Waals surface area (Å²) < 4.78 is 33.1. The molecule has 26 heavy (non-hydrogen) atoms. The summed E-state index contributed by atoms with van der Waals surface area (Å²) in [6.07, 6.45) is 1.68. The standard InChI is InChI=1S/C19H19F2N3O2/c1-3-4-5-6-10-26-15-9-7-8-14(16(15)20)23-19(25)13-11-12(2)17(21)24-18(13)22/h7-9,11H,3-4,10H2,1-2H3,(H2,22,24)(H,23,25). The summed E-state index contributed by atoms with van der Waals surface area (Å²) in [5, 5.41) is 2.39. The number of carbonyl (C=O) groups is 1. The molecule has 3 N–H and O–H groups in total. The fourth-order valence-corrected chi connectivity index (χ4v) is 2.07. The Hall–Kier alpha value is -3.14. The first-order valence-corrected chi connectivity index (χ1v) is 8.05. The maximum atomic E-state index is 14.5. The number of nitrogens with zero attached hydrogens (tertiary/aromatic N) is 1. The average Bonchev–Trinajstić information content (AvgIpc) is 2.60. The zero-order chi connectivity index (χ0) is 19.1. The molecule has 0 radical (unpaired) electrons. The Labute approximate surface area is 150 Å². The molecule has 0 fully saturated rings. The quantitative estimate of drug-likeness (QED) is 0.631. The van der Waals surface area contributed by atoms with E-state index < -0.39 is 17.7 Å². The molecule has 0 aliphatic heterocycles. The lowest BCUT2D eigenvalue weighted by molar-refractivity contribution is 0.102. The van der Waals surface area contributed by atoms with E-state index in [4.69, 9.17) is 10.5 Å². The van der Waals surface area contributed by atoms with Gasteiger partial charge in [-0.25, -0.2) is 9.37 Å². The number of halogens is 2. The van der Waals surface area contributed by atoms with Crippen molar-refractivity contribution in [2.45, 2.75) is 26.7 Å². The minimum Gasteiger partial charge on any atom is -0.478 e. The Kier molecular flexibility index (Phi) is 6.50. The van der Waals surface area contributed by atoms with Crippen LogP contribution >= 0.6 is 0 Å². The van der Waals surface area contributed by atoms with Crippen LogP contribution in [-0.4, -0.2) is 17.5 Å². The fourth-order valence-electron chi connectivity index (χ4n) is 2.07. The van der Waals surface area contributed by atoms with Gasteiger partial charge in [0.1, 0.15) is 12.4 Å². The number of anilines is 2. The van der Waals surface area contributed by atoms with Crippen LogP contribution in [0.15, 0.2) is 24.3 Å². The zero-order valence-electron chi connectivity index (χ0n) is 14.5. The van der Waals surface area contributed by atoms with Crippen LogP contribution in [-0.2, 0) is 0 Å². The van der Waals surface area contributed by atoms with Gasteiger partial charge in [-0.1, -0.05) is 24.8 Å². The van der Waals surface area contributed by atoms with Crippen molar-refractivity contribution in [3.8, 4) is 17.6 Å². The molecule has 1 aromatic carbocycles. The lowest BCUT2D eigenvalue weighted by atomic mass is 10.1. The highest BCUT2D eigenvalue weighted by Crippen LogP contribution is 2.25. The Morgan fingerprint density at radius 3 is 2.85 bits per heavy atom. The van der Waals surface area contributed by atoms with Crippen LogP contribution in [0.5, 0.6) is 5.75 Å². The molecule has 0 bridgehead atoms. The van der Waals surface area contributed by atoms with Gasteiger partial charge < -0.3 is 15.8 Å². The Morgan fingerprint density at radius 1 is 1.35 bits per heavy atom. The Balaban J connectivity index is 2.15. The smallest absolute Gasteiger partial charge is 0.259 e. The molecule has 0 unspecified atom stereocenters. The second-order valence-electron chi connectivity index (χ2n) is 5.49. The van der Waals surface area contributed by atoms with E-state index in [1.54, 1.807) is 0 Å². The highest BCUT2D eigenvalue weighted by molar-refractivity contribution is 6.07. The predicted molar refractivity (Wildman–Crippen MR) is 95.9 cm³/mol. The molecule has 0 aliphatic rings. The molecule has 0 aliphatic carbocycles. The van der Waals surface area contributed by atoms with Crippen LogP contribution in [0.3, 0.4) is 0 Å². The van der Waals surface area contributed by atoms with E-state index in [1.807, 2.05) is 6.92 Å². The normalized spacial score (nSPS) is 10.0. The van der Waals surface area contributed by atoms with E-state index >= 15 is 0 Å². The summed E-state index contributed by atoms with van der Waals surface area (Å²) in [6.45, 7) is 3.50. The van der Waals surface area contributed by atoms with Crippen molar-refractivity contribution in [2.75, 3.05) is 17.7 Å². The predicted octanol–water partition coefficient (Wildman–Crippen LogP) is 3.69. The minimum atomic E-state index is -0.759. The number of nitrogens with two attached hydrogens (primary N) is 1. The largest absolute Gasteiger partial charge is 0.478 e. The van der Waals surface area contributed by atoms with E-state index in [0.29, 0.717) is 0 Å². The fraction of sp³-hybridized carbons (Fsp3) is 0.263. The number of ether oxygens (including phenoxy) is 1. The van der Waals surface area contributed by atoms with Gasteiger partial charge in [0, 0.05) is 12.0 Å². The molecule has 2 rings (SSSR count). The van der Waals surface area contributed by atoms with Gasteiger partial charge in [-0.2, -0.15) is 4.39 Å².